The lowest BCUT2D eigenvalue weighted by Crippen LogP contribution is -2.64. The van der Waals surface area contributed by atoms with Gasteiger partial charge in [-0.25, -0.2) is 13.7 Å². The first-order chi connectivity index (χ1) is 52.0. The number of phosphoric acid groups is 3. The van der Waals surface area contributed by atoms with Crippen molar-refractivity contribution >= 4 is 45.1 Å². The Hall–Kier alpha value is -0.470. The molecule has 3 rings (SSSR count). The third-order valence-electron chi connectivity index (χ3n) is 17.5. The minimum absolute atomic E-state index is 0.0186. The standard InChI is InChI=1S/C65H130NO38P5/c1-48-56(72)58(74)52(39-68)102-62(48)91-28-11-5-8-14-31-94-106(78,79)96-35-19-25-88-44-65(47-101-108(82,83)98-34-18-24-87-43-51(38-67)42-86-23-17-22-85-4,46-90-27-21-37-100-109(84,105)99-33-16-10-7-12-29-92-63-49(2)57(73)59(75)53(40-69)103-63)45-89-26-20-36-97-107(80,81)95-32-15-9-6-13-30-93-64-55(66-50(3)71)61(77)60(76)54(41-70)104-64/h48-49,51-64,67-70,72-77,84,105H,5-47H2,1-4H3,(H,66,71)(H,78,79)(H,80,81)(H,82,83)/t48?,49?,51?,52?,53?,54?,55?,56-,57-,58+,59+,60+,61-,62-,63-,64-,65?,109?/m1/s1. The van der Waals surface area contributed by atoms with Crippen molar-refractivity contribution in [3.05, 3.63) is 0 Å². The molecule has 21 atom stereocenters. The van der Waals surface area contributed by atoms with E-state index in [9.17, 15) is 89.1 Å². The molecule has 0 aromatic rings. The van der Waals surface area contributed by atoms with Crippen LogP contribution < -0.4 is 5.32 Å². The van der Waals surface area contributed by atoms with Crippen LogP contribution in [-0.2, 0) is 112 Å². The van der Waals surface area contributed by atoms with E-state index in [-0.39, 0.29) is 157 Å². The summed E-state index contributed by atoms with van der Waals surface area (Å²) < 4.78 is 151. The number of amides is 1. The molecule has 3 heterocycles. The van der Waals surface area contributed by atoms with E-state index in [1.165, 1.54) is 6.92 Å². The minimum atomic E-state index is -4.84. The molecule has 3 aliphatic heterocycles. The summed E-state index contributed by atoms with van der Waals surface area (Å²) in [6, 6.07) is -1.09. The maximum atomic E-state index is 13.5. The highest BCUT2D eigenvalue weighted by Crippen LogP contribution is 2.50. The topological polar surface area (TPSA) is 548 Å². The van der Waals surface area contributed by atoms with Gasteiger partial charge in [0, 0.05) is 91.2 Å². The summed E-state index contributed by atoms with van der Waals surface area (Å²) in [5.41, 5.74) is -1.43. The molecule has 39 nitrogen and oxygen atoms in total. The van der Waals surface area contributed by atoms with Gasteiger partial charge in [-0.2, -0.15) is 0 Å². The molecule has 0 aromatic heterocycles. The molecular weight excluding hydrogens is 1560 g/mol. The molecule has 0 bridgehead atoms. The van der Waals surface area contributed by atoms with E-state index in [2.05, 4.69) is 13.8 Å². The first-order valence-electron chi connectivity index (χ1n) is 37.5. The van der Waals surface area contributed by atoms with Crippen LogP contribution in [0.25, 0.3) is 0 Å². The van der Waals surface area contributed by atoms with Gasteiger partial charge in [-0.15, -0.1) is 0 Å². The Bertz CT molecular complexity index is 2430. The summed E-state index contributed by atoms with van der Waals surface area (Å²) in [7, 11) is -12.6. The number of aliphatic hydroxyl groups is 10. The van der Waals surface area contributed by atoms with Crippen LogP contribution in [0.1, 0.15) is 130 Å². The van der Waals surface area contributed by atoms with Crippen molar-refractivity contribution in [1.29, 1.82) is 0 Å². The summed E-state index contributed by atoms with van der Waals surface area (Å²) in [5, 5.41) is 102. The van der Waals surface area contributed by atoms with E-state index >= 15 is 0 Å². The van der Waals surface area contributed by atoms with Crippen LogP contribution in [-0.4, -0.2) is 335 Å². The van der Waals surface area contributed by atoms with Gasteiger partial charge in [0.1, 0.15) is 48.8 Å². The molecule has 0 spiro atoms. The van der Waals surface area contributed by atoms with E-state index in [0.717, 1.165) is 6.42 Å². The Labute approximate surface area is 642 Å². The number of hydrogen-bond donors (Lipinski definition) is 15. The number of aliphatic hydroxyl groups excluding tert-OH is 10. The molecule has 109 heavy (non-hydrogen) atoms. The Morgan fingerprint density at radius 2 is 0.716 bits per heavy atom. The molecule has 648 valence electrons. The van der Waals surface area contributed by atoms with Crippen LogP contribution in [0.2, 0.25) is 0 Å². The van der Waals surface area contributed by atoms with Gasteiger partial charge in [0.15, 0.2) is 18.9 Å². The molecule has 0 saturated carbocycles. The van der Waals surface area contributed by atoms with Gasteiger partial charge in [-0.05, 0) is 79.2 Å². The van der Waals surface area contributed by atoms with Crippen molar-refractivity contribution in [3.8, 4) is 0 Å². The molecule has 15 N–H and O–H groups in total. The molecule has 1 amide bonds. The van der Waals surface area contributed by atoms with Gasteiger partial charge >= 0.3 is 23.5 Å². The Morgan fingerprint density at radius 1 is 0.404 bits per heavy atom. The SMILES string of the molecule is COCCCOCC(CO)COCCCOP(=O)(O)OCC(COCCCOP(=O)(O)OCCCCCCO[C@@H]1OC(CO)[C@H](O)[C@H](O)C1C)(COCCCOP(=O)(O)OCCCCCCO[C@@H]1OC(CO)[C@H](O)[C@H](O)C1NC(C)=O)COCCCOP(O)(=P)OCCCCCCO[C@@H]1OC(CO)[C@H](O)[C@H](O)C1C. The number of rotatable bonds is 69. The van der Waals surface area contributed by atoms with Crippen LogP contribution in [0.15, 0.2) is 0 Å². The molecule has 3 aliphatic rings. The van der Waals surface area contributed by atoms with Gasteiger partial charge < -0.3 is 142 Å². The Kier molecular flexibility index (Phi) is 55.1. The highest BCUT2D eigenvalue weighted by atomic mass is 31.8. The molecule has 0 aromatic carbocycles. The number of unbranched alkanes of at least 4 members (excludes halogenated alkanes) is 9. The van der Waals surface area contributed by atoms with Crippen LogP contribution >= 0.6 is 39.2 Å². The van der Waals surface area contributed by atoms with E-state index in [1.54, 1.807) is 21.0 Å². The van der Waals surface area contributed by atoms with Gasteiger partial charge in [-0.3, -0.25) is 31.9 Å². The fourth-order valence-corrected chi connectivity index (χ4v) is 14.9. The third kappa shape index (κ3) is 44.2. The number of phosphoric ester groups is 3. The van der Waals surface area contributed by atoms with Crippen molar-refractivity contribution in [2.75, 3.05) is 179 Å². The summed E-state index contributed by atoms with van der Waals surface area (Å²) in [5.74, 6) is -1.87. The summed E-state index contributed by atoms with van der Waals surface area (Å²) in [4.78, 5) is 54.6. The second-order valence-electron chi connectivity index (χ2n) is 27.1. The fraction of sp³-hybridized carbons (Fsp3) is 0.985. The van der Waals surface area contributed by atoms with Crippen molar-refractivity contribution in [2.45, 2.75) is 210 Å². The summed E-state index contributed by atoms with van der Waals surface area (Å²) >= 11 is 0. The van der Waals surface area contributed by atoms with E-state index in [1.807, 2.05) is 0 Å². The molecule has 44 heteroatoms. The average Bonchev–Trinajstić information content (AvgIpc) is 0.821. The maximum absolute atomic E-state index is 13.5. The monoisotopic (exact) mass is 1690 g/mol. The number of nitrogens with one attached hydrogen (secondary N) is 1. The van der Waals surface area contributed by atoms with Crippen molar-refractivity contribution in [3.63, 3.8) is 0 Å². The largest absolute Gasteiger partial charge is 0.472 e. The van der Waals surface area contributed by atoms with Gasteiger partial charge in [0.2, 0.25) is 5.91 Å². The van der Waals surface area contributed by atoms with Gasteiger partial charge in [0.25, 0.3) is 7.23 Å². The molecule has 3 fully saturated rings. The van der Waals surface area contributed by atoms with E-state index in [0.29, 0.717) is 96.9 Å². The van der Waals surface area contributed by atoms with Crippen molar-refractivity contribution in [1.82, 2.24) is 5.32 Å². The number of methoxy groups -OCH3 is 1. The highest BCUT2D eigenvalue weighted by Gasteiger charge is 2.47. The lowest BCUT2D eigenvalue weighted by atomic mass is 9.92. The minimum Gasteiger partial charge on any atom is -0.396 e. The van der Waals surface area contributed by atoms with Crippen molar-refractivity contribution < 1.29 is 182 Å². The van der Waals surface area contributed by atoms with Crippen LogP contribution in [0.3, 0.4) is 0 Å². The zero-order valence-electron chi connectivity index (χ0n) is 63.5. The first-order valence-corrected chi connectivity index (χ1v) is 44.9. The third-order valence-corrected chi connectivity index (χ3v) is 22.3. The van der Waals surface area contributed by atoms with Gasteiger partial charge in [-0.1, -0.05) is 52.4 Å². The lowest BCUT2D eigenvalue weighted by molar-refractivity contribution is -0.282. The Morgan fingerprint density at radius 3 is 1.08 bits per heavy atom. The maximum Gasteiger partial charge on any atom is 0.472 e. The number of carbonyl (C=O) groups is 1. The van der Waals surface area contributed by atoms with Gasteiger partial charge in [0.05, 0.1) is 130 Å². The van der Waals surface area contributed by atoms with Crippen LogP contribution in [0.5, 0.6) is 0 Å². The second kappa shape index (κ2) is 58.4. The fourth-order valence-electron chi connectivity index (χ4n) is 11.1. The molecule has 3 saturated heterocycles. The van der Waals surface area contributed by atoms with E-state index in [4.69, 9.17) is 93.0 Å². The normalized spacial score (nSPS) is 27.9. The zero-order valence-corrected chi connectivity index (χ0v) is 68.1. The lowest BCUT2D eigenvalue weighted by Gasteiger charge is -2.42. The smallest absolute Gasteiger partial charge is 0.396 e. The summed E-state index contributed by atoms with van der Waals surface area (Å²) in [6.07, 6.45) is -5.62. The number of ether oxygens (including phenoxy) is 12. The van der Waals surface area contributed by atoms with E-state index < -0.39 is 160 Å². The van der Waals surface area contributed by atoms with Crippen molar-refractivity contribution in [2.24, 2.45) is 23.2 Å². The molecule has 0 radical (unpaired) electrons. The first kappa shape index (κ1) is 103. The highest BCUT2D eigenvalue weighted by molar-refractivity contribution is 7.88. The molecule has 0 aliphatic carbocycles. The zero-order chi connectivity index (χ0) is 80.6. The Balaban J connectivity index is 1.60. The van der Waals surface area contributed by atoms with Crippen LogP contribution in [0, 0.1) is 23.2 Å². The predicted molar refractivity (Wildman–Crippen MR) is 389 cm³/mol. The average molecular weight is 1690 g/mol. The number of hydrogen-bond acceptors (Lipinski definition) is 34. The summed E-state index contributed by atoms with van der Waals surface area (Å²) in [6.45, 7) is 2.18. The molecular formula is C65H130NO38P5. The molecule has 12 unspecified atom stereocenters. The quantitative estimate of drug-likeness (QED) is 0.0307. The second-order valence-corrected chi connectivity index (χ2v) is 34.7. The van der Waals surface area contributed by atoms with Crippen LogP contribution in [0.4, 0.5) is 0 Å². The number of carbonyl (C=O) groups excluding carboxylic acids is 1. The predicted octanol–water partition coefficient (Wildman–Crippen LogP) is 2.33.